The van der Waals surface area contributed by atoms with Crippen LogP contribution >= 0.6 is 0 Å². The van der Waals surface area contributed by atoms with Gasteiger partial charge in [-0.05, 0) is 43.4 Å². The number of benzene rings is 1. The number of hydrogen-bond donors (Lipinski definition) is 1. The van der Waals surface area contributed by atoms with E-state index in [4.69, 9.17) is 5.73 Å². The monoisotopic (exact) mass is 218 g/mol. The molecule has 2 nitrogen and oxygen atoms in total. The first-order valence-electron chi connectivity index (χ1n) is 6.29. The molecule has 88 valence electrons. The first-order chi connectivity index (χ1) is 7.76. The summed E-state index contributed by atoms with van der Waals surface area (Å²) in [6.07, 6.45) is 2.36. The zero-order chi connectivity index (χ0) is 11.5. The highest BCUT2D eigenvalue weighted by Crippen LogP contribution is 2.30. The molecule has 0 spiro atoms. The van der Waals surface area contributed by atoms with Gasteiger partial charge in [0.25, 0.3) is 0 Å². The molecule has 1 aliphatic rings. The molecular weight excluding hydrogens is 196 g/mol. The van der Waals surface area contributed by atoms with Gasteiger partial charge < -0.3 is 10.6 Å². The Labute approximate surface area is 98.4 Å². The van der Waals surface area contributed by atoms with Gasteiger partial charge in [0.05, 0.1) is 0 Å². The molecule has 1 heterocycles. The Kier molecular flexibility index (Phi) is 3.49. The number of para-hydroxylation sites is 1. The van der Waals surface area contributed by atoms with Crippen LogP contribution in [0.2, 0.25) is 0 Å². The fourth-order valence-corrected chi connectivity index (χ4v) is 2.69. The van der Waals surface area contributed by atoms with E-state index >= 15 is 0 Å². The van der Waals surface area contributed by atoms with Gasteiger partial charge in [0, 0.05) is 18.8 Å². The van der Waals surface area contributed by atoms with E-state index in [1.807, 2.05) is 0 Å². The fraction of sp³-hybridized carbons (Fsp3) is 0.571. The lowest BCUT2D eigenvalue weighted by atomic mass is 10.0. The number of aryl methyl sites for hydroxylation is 2. The molecule has 1 aliphatic heterocycles. The van der Waals surface area contributed by atoms with Crippen LogP contribution in [0.25, 0.3) is 0 Å². The fourth-order valence-electron chi connectivity index (χ4n) is 2.69. The lowest BCUT2D eigenvalue weighted by Gasteiger charge is -2.24. The van der Waals surface area contributed by atoms with Gasteiger partial charge in [-0.3, -0.25) is 0 Å². The number of nitrogens with zero attached hydrogens (tertiary/aromatic N) is 1. The molecule has 1 unspecified atom stereocenters. The standard InChI is InChI=1S/C14H22N2/c1-3-13-6-4-5-11(2)14(13)16-8-7-12(9-15)10-16/h4-6,12H,3,7-10,15H2,1-2H3. The van der Waals surface area contributed by atoms with E-state index in [0.717, 1.165) is 19.5 Å². The molecule has 2 N–H and O–H groups in total. The largest absolute Gasteiger partial charge is 0.371 e. The van der Waals surface area contributed by atoms with Crippen LogP contribution in [0, 0.1) is 12.8 Å². The highest BCUT2D eigenvalue weighted by molar-refractivity contribution is 5.60. The molecule has 2 rings (SSSR count). The van der Waals surface area contributed by atoms with Crippen molar-refractivity contribution in [2.75, 3.05) is 24.5 Å². The highest BCUT2D eigenvalue weighted by atomic mass is 15.2. The van der Waals surface area contributed by atoms with E-state index in [1.165, 1.54) is 29.8 Å². The summed E-state index contributed by atoms with van der Waals surface area (Å²) in [6.45, 7) is 7.57. The molecule has 1 saturated heterocycles. The van der Waals surface area contributed by atoms with Crippen molar-refractivity contribution in [2.24, 2.45) is 11.7 Å². The zero-order valence-corrected chi connectivity index (χ0v) is 10.4. The smallest absolute Gasteiger partial charge is 0.0428 e. The van der Waals surface area contributed by atoms with Crippen molar-refractivity contribution in [1.82, 2.24) is 0 Å². The Hall–Kier alpha value is -1.02. The van der Waals surface area contributed by atoms with Crippen molar-refractivity contribution in [2.45, 2.75) is 26.7 Å². The SMILES string of the molecule is CCc1cccc(C)c1N1CCC(CN)C1. The molecule has 0 aliphatic carbocycles. The maximum atomic E-state index is 5.76. The predicted octanol–water partition coefficient (Wildman–Crippen LogP) is 2.34. The van der Waals surface area contributed by atoms with Crippen LogP contribution in [0.1, 0.15) is 24.5 Å². The van der Waals surface area contributed by atoms with Crippen molar-refractivity contribution < 1.29 is 0 Å². The van der Waals surface area contributed by atoms with Gasteiger partial charge in [-0.1, -0.05) is 25.1 Å². The summed E-state index contributed by atoms with van der Waals surface area (Å²) < 4.78 is 0. The molecule has 0 saturated carbocycles. The normalized spacial score (nSPS) is 20.4. The summed E-state index contributed by atoms with van der Waals surface area (Å²) in [7, 11) is 0. The first kappa shape index (κ1) is 11.5. The second-order valence-corrected chi connectivity index (χ2v) is 4.77. The Morgan fingerprint density at radius 3 is 2.88 bits per heavy atom. The van der Waals surface area contributed by atoms with Crippen LogP contribution < -0.4 is 10.6 Å². The predicted molar refractivity (Wildman–Crippen MR) is 69.9 cm³/mol. The van der Waals surface area contributed by atoms with Gasteiger partial charge in [0.1, 0.15) is 0 Å². The van der Waals surface area contributed by atoms with Crippen LogP contribution in [0.3, 0.4) is 0 Å². The Morgan fingerprint density at radius 1 is 1.44 bits per heavy atom. The van der Waals surface area contributed by atoms with E-state index in [2.05, 4.69) is 36.9 Å². The summed E-state index contributed by atoms with van der Waals surface area (Å²) >= 11 is 0. The minimum atomic E-state index is 0.685. The minimum Gasteiger partial charge on any atom is -0.371 e. The molecule has 1 fully saturated rings. The van der Waals surface area contributed by atoms with Gasteiger partial charge in [0.15, 0.2) is 0 Å². The molecule has 1 atom stereocenters. The lowest BCUT2D eigenvalue weighted by Crippen LogP contribution is -2.24. The minimum absolute atomic E-state index is 0.685. The van der Waals surface area contributed by atoms with E-state index in [-0.39, 0.29) is 0 Å². The molecular formula is C14H22N2. The Bertz CT molecular complexity index is 360. The van der Waals surface area contributed by atoms with Crippen molar-refractivity contribution in [3.8, 4) is 0 Å². The number of anilines is 1. The van der Waals surface area contributed by atoms with E-state index < -0.39 is 0 Å². The van der Waals surface area contributed by atoms with Crippen LogP contribution in [0.5, 0.6) is 0 Å². The quantitative estimate of drug-likeness (QED) is 0.843. The van der Waals surface area contributed by atoms with E-state index in [1.54, 1.807) is 0 Å². The molecule has 0 amide bonds. The van der Waals surface area contributed by atoms with E-state index in [0.29, 0.717) is 5.92 Å². The van der Waals surface area contributed by atoms with Crippen LogP contribution in [-0.4, -0.2) is 19.6 Å². The topological polar surface area (TPSA) is 29.3 Å². The highest BCUT2D eigenvalue weighted by Gasteiger charge is 2.23. The Balaban J connectivity index is 2.26. The van der Waals surface area contributed by atoms with Crippen molar-refractivity contribution in [3.63, 3.8) is 0 Å². The first-order valence-corrected chi connectivity index (χ1v) is 6.29. The van der Waals surface area contributed by atoms with Crippen molar-refractivity contribution >= 4 is 5.69 Å². The van der Waals surface area contributed by atoms with Crippen molar-refractivity contribution in [1.29, 1.82) is 0 Å². The molecule has 0 aromatic heterocycles. The maximum absolute atomic E-state index is 5.76. The van der Waals surface area contributed by atoms with Crippen LogP contribution in [-0.2, 0) is 6.42 Å². The maximum Gasteiger partial charge on any atom is 0.0428 e. The summed E-state index contributed by atoms with van der Waals surface area (Å²) in [5.41, 5.74) is 10.1. The number of hydrogen-bond acceptors (Lipinski definition) is 2. The van der Waals surface area contributed by atoms with E-state index in [9.17, 15) is 0 Å². The molecule has 0 radical (unpaired) electrons. The molecule has 2 heteroatoms. The third-order valence-corrected chi connectivity index (χ3v) is 3.64. The second-order valence-electron chi connectivity index (χ2n) is 4.77. The summed E-state index contributed by atoms with van der Waals surface area (Å²) in [6, 6.07) is 6.62. The number of rotatable bonds is 3. The van der Waals surface area contributed by atoms with Gasteiger partial charge in [0.2, 0.25) is 0 Å². The summed E-state index contributed by atoms with van der Waals surface area (Å²) in [5, 5.41) is 0. The Morgan fingerprint density at radius 2 is 2.25 bits per heavy atom. The van der Waals surface area contributed by atoms with Gasteiger partial charge >= 0.3 is 0 Å². The van der Waals surface area contributed by atoms with Gasteiger partial charge in [-0.25, -0.2) is 0 Å². The average molecular weight is 218 g/mol. The third kappa shape index (κ3) is 2.07. The average Bonchev–Trinajstić information content (AvgIpc) is 2.76. The van der Waals surface area contributed by atoms with Gasteiger partial charge in [-0.15, -0.1) is 0 Å². The molecule has 1 aromatic rings. The second kappa shape index (κ2) is 4.88. The third-order valence-electron chi connectivity index (χ3n) is 3.64. The molecule has 0 bridgehead atoms. The summed E-state index contributed by atoms with van der Waals surface area (Å²) in [5.74, 6) is 0.685. The number of nitrogens with two attached hydrogens (primary N) is 1. The summed E-state index contributed by atoms with van der Waals surface area (Å²) in [4.78, 5) is 2.52. The van der Waals surface area contributed by atoms with Crippen LogP contribution in [0.4, 0.5) is 5.69 Å². The van der Waals surface area contributed by atoms with Crippen molar-refractivity contribution in [3.05, 3.63) is 29.3 Å². The molecule has 1 aromatic carbocycles. The molecule has 16 heavy (non-hydrogen) atoms. The zero-order valence-electron chi connectivity index (χ0n) is 10.4. The lowest BCUT2D eigenvalue weighted by molar-refractivity contribution is 0.602. The van der Waals surface area contributed by atoms with Gasteiger partial charge in [-0.2, -0.15) is 0 Å². The van der Waals surface area contributed by atoms with Crippen LogP contribution in [0.15, 0.2) is 18.2 Å².